The van der Waals surface area contributed by atoms with E-state index in [1.807, 2.05) is 19.1 Å². The maximum absolute atomic E-state index is 12.4. The third kappa shape index (κ3) is 4.07. The first-order valence-corrected chi connectivity index (χ1v) is 9.35. The predicted octanol–water partition coefficient (Wildman–Crippen LogP) is 3.68. The molecule has 0 unspecified atom stereocenters. The van der Waals surface area contributed by atoms with Gasteiger partial charge < -0.3 is 10.2 Å². The van der Waals surface area contributed by atoms with E-state index in [9.17, 15) is 4.79 Å². The normalized spacial score (nSPS) is 15.2. The molecule has 138 valence electrons. The van der Waals surface area contributed by atoms with Crippen LogP contribution in [0.5, 0.6) is 0 Å². The molecule has 0 saturated carbocycles. The van der Waals surface area contributed by atoms with Crippen molar-refractivity contribution >= 4 is 17.3 Å². The first-order valence-electron chi connectivity index (χ1n) is 9.35. The molecule has 1 aliphatic rings. The molecule has 0 bridgehead atoms. The average Bonchev–Trinajstić information content (AvgIpc) is 2.62. The van der Waals surface area contributed by atoms with E-state index in [4.69, 9.17) is 0 Å². The molecular weight excluding hydrogens is 322 g/mol. The Balaban J connectivity index is 1.54. The van der Waals surface area contributed by atoms with E-state index >= 15 is 0 Å². The molecule has 0 atom stereocenters. The maximum Gasteiger partial charge on any atom is 0.238 e. The van der Waals surface area contributed by atoms with Gasteiger partial charge in [0.2, 0.25) is 5.91 Å². The minimum Gasteiger partial charge on any atom is -0.369 e. The van der Waals surface area contributed by atoms with Crippen LogP contribution in [-0.2, 0) is 4.79 Å². The smallest absolute Gasteiger partial charge is 0.238 e. The van der Waals surface area contributed by atoms with E-state index in [1.54, 1.807) is 0 Å². The first-order chi connectivity index (χ1) is 12.5. The van der Waals surface area contributed by atoms with Crippen molar-refractivity contribution in [2.45, 2.75) is 27.7 Å². The maximum atomic E-state index is 12.4. The summed E-state index contributed by atoms with van der Waals surface area (Å²) >= 11 is 0. The number of hydrogen-bond acceptors (Lipinski definition) is 3. The van der Waals surface area contributed by atoms with Crippen LogP contribution in [0.4, 0.5) is 11.4 Å². The average molecular weight is 351 g/mol. The summed E-state index contributed by atoms with van der Waals surface area (Å²) in [5, 5.41) is 3.06. The molecule has 0 spiro atoms. The number of nitrogens with one attached hydrogen (secondary N) is 1. The van der Waals surface area contributed by atoms with Crippen LogP contribution >= 0.6 is 0 Å². The highest BCUT2D eigenvalue weighted by atomic mass is 16.2. The third-order valence-corrected chi connectivity index (χ3v) is 5.53. The monoisotopic (exact) mass is 351 g/mol. The first kappa shape index (κ1) is 18.5. The van der Waals surface area contributed by atoms with Crippen molar-refractivity contribution in [2.24, 2.45) is 0 Å². The quantitative estimate of drug-likeness (QED) is 0.913. The highest BCUT2D eigenvalue weighted by Crippen LogP contribution is 2.24. The standard InChI is InChI=1S/C22H29N3O/c1-16-7-5-9-20(18(16)3)23-22(26)15-24-11-13-25(14-12-24)21-10-6-8-17(2)19(21)4/h5-10H,11-15H2,1-4H3,(H,23,26). The van der Waals surface area contributed by atoms with E-state index in [-0.39, 0.29) is 5.91 Å². The molecule has 1 heterocycles. The number of anilines is 2. The van der Waals surface area contributed by atoms with Crippen molar-refractivity contribution < 1.29 is 4.79 Å². The van der Waals surface area contributed by atoms with Gasteiger partial charge in [-0.2, -0.15) is 0 Å². The number of piperazine rings is 1. The highest BCUT2D eigenvalue weighted by molar-refractivity contribution is 5.93. The highest BCUT2D eigenvalue weighted by Gasteiger charge is 2.20. The molecule has 1 amide bonds. The second kappa shape index (κ2) is 7.92. The zero-order valence-corrected chi connectivity index (χ0v) is 16.3. The summed E-state index contributed by atoms with van der Waals surface area (Å²) in [6.07, 6.45) is 0. The Morgan fingerprint density at radius 1 is 0.885 bits per heavy atom. The summed E-state index contributed by atoms with van der Waals surface area (Å²) in [5.74, 6) is 0.0684. The van der Waals surface area contributed by atoms with Gasteiger partial charge in [0.1, 0.15) is 0 Å². The van der Waals surface area contributed by atoms with Gasteiger partial charge in [-0.05, 0) is 62.1 Å². The molecule has 4 nitrogen and oxygen atoms in total. The molecule has 26 heavy (non-hydrogen) atoms. The van der Waals surface area contributed by atoms with Gasteiger partial charge in [-0.1, -0.05) is 24.3 Å². The Morgan fingerprint density at radius 3 is 2.19 bits per heavy atom. The van der Waals surface area contributed by atoms with E-state index in [0.717, 1.165) is 37.4 Å². The Morgan fingerprint density at radius 2 is 1.50 bits per heavy atom. The van der Waals surface area contributed by atoms with Crippen LogP contribution in [0.15, 0.2) is 36.4 Å². The number of carbonyl (C=O) groups is 1. The second-order valence-electron chi connectivity index (χ2n) is 7.28. The van der Waals surface area contributed by atoms with Gasteiger partial charge in [-0.15, -0.1) is 0 Å². The molecule has 1 saturated heterocycles. The lowest BCUT2D eigenvalue weighted by Crippen LogP contribution is -2.48. The number of benzene rings is 2. The zero-order valence-electron chi connectivity index (χ0n) is 16.3. The van der Waals surface area contributed by atoms with Crippen LogP contribution in [0.3, 0.4) is 0 Å². The number of rotatable bonds is 4. The summed E-state index contributed by atoms with van der Waals surface area (Å²) in [5.41, 5.74) is 7.27. The van der Waals surface area contributed by atoms with E-state index < -0.39 is 0 Å². The van der Waals surface area contributed by atoms with Gasteiger partial charge in [-0.25, -0.2) is 0 Å². The van der Waals surface area contributed by atoms with Gasteiger partial charge in [0.05, 0.1) is 6.54 Å². The van der Waals surface area contributed by atoms with Crippen molar-refractivity contribution in [3.05, 3.63) is 58.7 Å². The molecule has 1 fully saturated rings. The summed E-state index contributed by atoms with van der Waals surface area (Å²) in [6, 6.07) is 12.5. The predicted molar refractivity (Wildman–Crippen MR) is 109 cm³/mol. The summed E-state index contributed by atoms with van der Waals surface area (Å²) in [4.78, 5) is 17.1. The molecule has 0 aliphatic carbocycles. The van der Waals surface area contributed by atoms with Crippen LogP contribution in [0.2, 0.25) is 0 Å². The number of carbonyl (C=O) groups excluding carboxylic acids is 1. The van der Waals surface area contributed by atoms with Crippen molar-refractivity contribution in [2.75, 3.05) is 42.9 Å². The second-order valence-corrected chi connectivity index (χ2v) is 7.28. The third-order valence-electron chi connectivity index (χ3n) is 5.53. The SMILES string of the molecule is Cc1cccc(NC(=O)CN2CCN(c3cccc(C)c3C)CC2)c1C. The van der Waals surface area contributed by atoms with Crippen LogP contribution in [0, 0.1) is 27.7 Å². The topological polar surface area (TPSA) is 35.6 Å². The molecule has 4 heteroatoms. The van der Waals surface area contributed by atoms with E-state index in [2.05, 4.69) is 60.2 Å². The Bertz CT molecular complexity index is 792. The Kier molecular flexibility index (Phi) is 5.62. The molecule has 1 aliphatic heterocycles. The zero-order chi connectivity index (χ0) is 18.7. The van der Waals surface area contributed by atoms with Crippen molar-refractivity contribution in [3.8, 4) is 0 Å². The lowest BCUT2D eigenvalue weighted by Gasteiger charge is -2.36. The van der Waals surface area contributed by atoms with Crippen LogP contribution in [0.25, 0.3) is 0 Å². The summed E-state index contributed by atoms with van der Waals surface area (Å²) in [6.45, 7) is 12.7. The molecule has 0 radical (unpaired) electrons. The van der Waals surface area contributed by atoms with E-state index in [1.165, 1.54) is 22.4 Å². The molecule has 0 aromatic heterocycles. The number of aryl methyl sites for hydroxylation is 2. The Labute approximate surface area is 156 Å². The molecule has 1 N–H and O–H groups in total. The van der Waals surface area contributed by atoms with E-state index in [0.29, 0.717) is 6.54 Å². The fourth-order valence-electron chi connectivity index (χ4n) is 3.50. The molecular formula is C22H29N3O. The van der Waals surface area contributed by atoms with Crippen LogP contribution in [0.1, 0.15) is 22.3 Å². The summed E-state index contributed by atoms with van der Waals surface area (Å²) in [7, 11) is 0. The van der Waals surface area contributed by atoms with Gasteiger partial charge in [0.25, 0.3) is 0 Å². The van der Waals surface area contributed by atoms with Crippen LogP contribution < -0.4 is 10.2 Å². The number of hydrogen-bond donors (Lipinski definition) is 1. The minimum absolute atomic E-state index is 0.0684. The largest absolute Gasteiger partial charge is 0.369 e. The molecule has 2 aromatic rings. The van der Waals surface area contributed by atoms with Crippen molar-refractivity contribution in [1.82, 2.24) is 4.90 Å². The fourth-order valence-corrected chi connectivity index (χ4v) is 3.50. The van der Waals surface area contributed by atoms with Crippen molar-refractivity contribution in [1.29, 1.82) is 0 Å². The number of nitrogens with zero attached hydrogens (tertiary/aromatic N) is 2. The lowest BCUT2D eigenvalue weighted by molar-refractivity contribution is -0.117. The minimum atomic E-state index is 0.0684. The molecule has 3 rings (SSSR count). The van der Waals surface area contributed by atoms with Crippen LogP contribution in [-0.4, -0.2) is 43.5 Å². The van der Waals surface area contributed by atoms with Gasteiger partial charge >= 0.3 is 0 Å². The van der Waals surface area contributed by atoms with Gasteiger partial charge in [-0.3, -0.25) is 9.69 Å². The lowest BCUT2D eigenvalue weighted by atomic mass is 10.1. The van der Waals surface area contributed by atoms with Gasteiger partial charge in [0, 0.05) is 37.6 Å². The Hall–Kier alpha value is -2.33. The van der Waals surface area contributed by atoms with Crippen molar-refractivity contribution in [3.63, 3.8) is 0 Å². The summed E-state index contributed by atoms with van der Waals surface area (Å²) < 4.78 is 0. The molecule has 2 aromatic carbocycles. The fraction of sp³-hybridized carbons (Fsp3) is 0.409. The number of amides is 1. The van der Waals surface area contributed by atoms with Gasteiger partial charge in [0.15, 0.2) is 0 Å².